The summed E-state index contributed by atoms with van der Waals surface area (Å²) in [5.41, 5.74) is 13.3. The van der Waals surface area contributed by atoms with Crippen LogP contribution in [0, 0.1) is 0 Å². The van der Waals surface area contributed by atoms with Crippen LogP contribution in [0.15, 0.2) is 12.3 Å². The summed E-state index contributed by atoms with van der Waals surface area (Å²) >= 11 is 0. The lowest BCUT2D eigenvalue weighted by Gasteiger charge is -2.29. The van der Waals surface area contributed by atoms with Crippen LogP contribution < -0.4 is 16.4 Å². The fraction of sp³-hybridized carbons (Fsp3) is 0.500. The molecule has 0 saturated carbocycles. The van der Waals surface area contributed by atoms with Gasteiger partial charge in [0.25, 0.3) is 0 Å². The largest absolute Gasteiger partial charge is 0.396 e. The van der Waals surface area contributed by atoms with Gasteiger partial charge in [-0.3, -0.25) is 0 Å². The van der Waals surface area contributed by atoms with Crippen LogP contribution in [0.2, 0.25) is 0 Å². The average Bonchev–Trinajstić information content (AvgIpc) is 2.23. The first-order valence-electron chi connectivity index (χ1n) is 5.03. The summed E-state index contributed by atoms with van der Waals surface area (Å²) in [5.74, 6) is 0.541. The number of nitrogens with two attached hydrogens (primary N) is 2. The van der Waals surface area contributed by atoms with Crippen molar-refractivity contribution in [2.24, 2.45) is 0 Å². The van der Waals surface area contributed by atoms with Crippen LogP contribution >= 0.6 is 0 Å². The Hall–Kier alpha value is -1.45. The topological polar surface area (TPSA) is 68.2 Å². The highest BCUT2D eigenvalue weighted by Gasteiger charge is 2.13. The normalized spacial score (nSPS) is 17.0. The average molecular weight is 192 g/mol. The second-order valence-electron chi connectivity index (χ2n) is 3.72. The maximum Gasteiger partial charge on any atom is 0.125 e. The van der Waals surface area contributed by atoms with Crippen LogP contribution in [0.5, 0.6) is 0 Å². The lowest BCUT2D eigenvalue weighted by atomic mass is 10.1. The summed E-state index contributed by atoms with van der Waals surface area (Å²) in [6, 6.07) is 1.86. The molecule has 0 spiro atoms. The van der Waals surface area contributed by atoms with Gasteiger partial charge in [0.15, 0.2) is 0 Å². The third-order valence-corrected chi connectivity index (χ3v) is 2.63. The quantitative estimate of drug-likeness (QED) is 0.702. The van der Waals surface area contributed by atoms with Crippen LogP contribution in [-0.4, -0.2) is 18.1 Å². The van der Waals surface area contributed by atoms with Gasteiger partial charge in [-0.05, 0) is 19.3 Å². The molecule has 1 aliphatic rings. The molecule has 0 aromatic carbocycles. The standard InChI is InChI=1S/C10H16N4/c11-8-7-13-10(12)6-9(8)14-4-2-1-3-5-14/h6-7H,1-5,11H2,(H2,12,13). The lowest BCUT2D eigenvalue weighted by Crippen LogP contribution is -2.30. The van der Waals surface area contributed by atoms with Crippen molar-refractivity contribution in [1.82, 2.24) is 4.98 Å². The maximum atomic E-state index is 5.86. The molecule has 4 heteroatoms. The zero-order valence-corrected chi connectivity index (χ0v) is 8.24. The molecule has 1 fully saturated rings. The molecule has 0 amide bonds. The lowest BCUT2D eigenvalue weighted by molar-refractivity contribution is 0.578. The molecule has 14 heavy (non-hydrogen) atoms. The molecule has 0 aliphatic carbocycles. The van der Waals surface area contributed by atoms with Crippen molar-refractivity contribution in [2.75, 3.05) is 29.5 Å². The van der Waals surface area contributed by atoms with Gasteiger partial charge >= 0.3 is 0 Å². The van der Waals surface area contributed by atoms with Crippen molar-refractivity contribution in [1.29, 1.82) is 0 Å². The second-order valence-corrected chi connectivity index (χ2v) is 3.72. The third-order valence-electron chi connectivity index (χ3n) is 2.63. The summed E-state index contributed by atoms with van der Waals surface area (Å²) in [7, 11) is 0. The molecule has 76 valence electrons. The second kappa shape index (κ2) is 3.74. The molecule has 1 saturated heterocycles. The van der Waals surface area contributed by atoms with Crippen molar-refractivity contribution >= 4 is 17.2 Å². The molecule has 0 unspecified atom stereocenters. The Bertz CT molecular complexity index is 318. The summed E-state index contributed by atoms with van der Waals surface area (Å²) in [5, 5.41) is 0. The Morgan fingerprint density at radius 3 is 2.57 bits per heavy atom. The van der Waals surface area contributed by atoms with Gasteiger partial charge in [0.1, 0.15) is 5.82 Å². The van der Waals surface area contributed by atoms with Gasteiger partial charge in [-0.2, -0.15) is 0 Å². The fourth-order valence-electron chi connectivity index (χ4n) is 1.88. The maximum absolute atomic E-state index is 5.86. The Labute approximate surface area is 83.9 Å². The van der Waals surface area contributed by atoms with Gasteiger partial charge < -0.3 is 16.4 Å². The van der Waals surface area contributed by atoms with E-state index in [0.717, 1.165) is 24.5 Å². The van der Waals surface area contributed by atoms with E-state index in [-0.39, 0.29) is 0 Å². The van der Waals surface area contributed by atoms with E-state index in [1.807, 2.05) is 6.07 Å². The number of nitrogen functional groups attached to an aromatic ring is 2. The van der Waals surface area contributed by atoms with E-state index in [0.29, 0.717) is 5.82 Å². The number of hydrogen-bond donors (Lipinski definition) is 2. The van der Waals surface area contributed by atoms with Crippen LogP contribution in [0.1, 0.15) is 19.3 Å². The molecule has 1 aliphatic heterocycles. The van der Waals surface area contributed by atoms with Crippen molar-refractivity contribution in [3.8, 4) is 0 Å². The minimum Gasteiger partial charge on any atom is -0.396 e. The van der Waals surface area contributed by atoms with Gasteiger partial charge in [0, 0.05) is 19.2 Å². The zero-order chi connectivity index (χ0) is 9.97. The highest BCUT2D eigenvalue weighted by atomic mass is 15.1. The summed E-state index contributed by atoms with van der Waals surface area (Å²) < 4.78 is 0. The number of nitrogens with zero attached hydrogens (tertiary/aromatic N) is 2. The van der Waals surface area contributed by atoms with Gasteiger partial charge in [-0.15, -0.1) is 0 Å². The Morgan fingerprint density at radius 2 is 1.86 bits per heavy atom. The highest BCUT2D eigenvalue weighted by molar-refractivity contribution is 5.69. The Morgan fingerprint density at radius 1 is 1.14 bits per heavy atom. The zero-order valence-electron chi connectivity index (χ0n) is 8.24. The number of aromatic nitrogens is 1. The first-order valence-corrected chi connectivity index (χ1v) is 5.03. The van der Waals surface area contributed by atoms with E-state index in [1.165, 1.54) is 19.3 Å². The van der Waals surface area contributed by atoms with E-state index in [9.17, 15) is 0 Å². The predicted molar refractivity (Wildman–Crippen MR) is 59.1 cm³/mol. The van der Waals surface area contributed by atoms with Crippen molar-refractivity contribution in [2.45, 2.75) is 19.3 Å². The minimum atomic E-state index is 0.541. The summed E-state index contributed by atoms with van der Waals surface area (Å²) in [6.07, 6.45) is 5.43. The molecular formula is C10H16N4. The SMILES string of the molecule is Nc1cc(N2CCCCC2)c(N)cn1. The minimum absolute atomic E-state index is 0.541. The van der Waals surface area contributed by atoms with E-state index >= 15 is 0 Å². The monoisotopic (exact) mass is 192 g/mol. The molecule has 2 heterocycles. The Kier molecular flexibility index (Phi) is 2.43. The molecule has 4 N–H and O–H groups in total. The van der Waals surface area contributed by atoms with Crippen molar-refractivity contribution in [3.05, 3.63) is 12.3 Å². The van der Waals surface area contributed by atoms with Crippen LogP contribution in [0.4, 0.5) is 17.2 Å². The third kappa shape index (κ3) is 1.73. The van der Waals surface area contributed by atoms with Gasteiger partial charge in [-0.25, -0.2) is 4.98 Å². The van der Waals surface area contributed by atoms with Crippen LogP contribution in [0.25, 0.3) is 0 Å². The molecule has 0 atom stereocenters. The number of piperidine rings is 1. The van der Waals surface area contributed by atoms with Crippen LogP contribution in [0.3, 0.4) is 0 Å². The molecular weight excluding hydrogens is 176 g/mol. The van der Waals surface area contributed by atoms with Crippen molar-refractivity contribution < 1.29 is 0 Å². The summed E-state index contributed by atoms with van der Waals surface area (Å²) in [4.78, 5) is 6.25. The van der Waals surface area contributed by atoms with E-state index in [1.54, 1.807) is 6.20 Å². The van der Waals surface area contributed by atoms with Gasteiger partial charge in [-0.1, -0.05) is 0 Å². The van der Waals surface area contributed by atoms with Crippen molar-refractivity contribution in [3.63, 3.8) is 0 Å². The molecule has 0 radical (unpaired) electrons. The van der Waals surface area contributed by atoms with E-state index in [4.69, 9.17) is 11.5 Å². The van der Waals surface area contributed by atoms with Gasteiger partial charge in [0.2, 0.25) is 0 Å². The molecule has 2 rings (SSSR count). The van der Waals surface area contributed by atoms with Gasteiger partial charge in [0.05, 0.1) is 17.6 Å². The smallest absolute Gasteiger partial charge is 0.125 e. The number of rotatable bonds is 1. The first-order chi connectivity index (χ1) is 6.77. The van der Waals surface area contributed by atoms with E-state index in [2.05, 4.69) is 9.88 Å². The van der Waals surface area contributed by atoms with E-state index < -0.39 is 0 Å². The molecule has 0 bridgehead atoms. The first kappa shape index (κ1) is 9.12. The molecule has 1 aromatic rings. The predicted octanol–water partition coefficient (Wildman–Crippen LogP) is 1.24. The number of anilines is 3. The number of pyridine rings is 1. The summed E-state index contributed by atoms with van der Waals surface area (Å²) in [6.45, 7) is 2.15. The molecule has 4 nitrogen and oxygen atoms in total. The number of hydrogen-bond acceptors (Lipinski definition) is 4. The van der Waals surface area contributed by atoms with Crippen LogP contribution in [-0.2, 0) is 0 Å². The highest BCUT2D eigenvalue weighted by Crippen LogP contribution is 2.26. The molecule has 1 aromatic heterocycles. The Balaban J connectivity index is 2.24. The fourth-order valence-corrected chi connectivity index (χ4v) is 1.88.